The van der Waals surface area contributed by atoms with Crippen LogP contribution < -0.4 is 4.74 Å². The van der Waals surface area contributed by atoms with Gasteiger partial charge in [-0.25, -0.2) is 0 Å². The number of hydrogen-bond donors (Lipinski definition) is 5. The zero-order valence-electron chi connectivity index (χ0n) is 14.2. The number of fused-ring (bicyclic) bond motifs is 1. The van der Waals surface area contributed by atoms with Gasteiger partial charge in [0.1, 0.15) is 29.1 Å². The van der Waals surface area contributed by atoms with Gasteiger partial charge in [0, 0.05) is 30.0 Å². The van der Waals surface area contributed by atoms with Gasteiger partial charge < -0.3 is 30.3 Å². The summed E-state index contributed by atoms with van der Waals surface area (Å²) in [5.74, 6) is -0.394. The lowest BCUT2D eigenvalue weighted by atomic mass is 9.84. The van der Waals surface area contributed by atoms with E-state index >= 15 is 0 Å². The largest absolute Gasteiger partial charge is 0.508 e. The highest BCUT2D eigenvalue weighted by Crippen LogP contribution is 2.45. The van der Waals surface area contributed by atoms with Crippen molar-refractivity contribution < 1.29 is 30.3 Å². The molecule has 0 saturated heterocycles. The fourth-order valence-corrected chi connectivity index (χ4v) is 3.56. The molecule has 0 radical (unpaired) electrons. The van der Waals surface area contributed by atoms with E-state index in [2.05, 4.69) is 0 Å². The van der Waals surface area contributed by atoms with E-state index in [0.717, 1.165) is 5.56 Å². The van der Waals surface area contributed by atoms with Gasteiger partial charge in [-0.3, -0.25) is 0 Å². The van der Waals surface area contributed by atoms with Crippen LogP contribution in [-0.4, -0.2) is 31.6 Å². The van der Waals surface area contributed by atoms with Crippen molar-refractivity contribution in [2.75, 3.05) is 0 Å². The molecular weight excluding hydrogens is 348 g/mol. The van der Waals surface area contributed by atoms with Crippen LogP contribution in [0, 0.1) is 0 Å². The molecule has 0 fully saturated rings. The third kappa shape index (κ3) is 3.06. The van der Waals surface area contributed by atoms with E-state index in [1.807, 2.05) is 0 Å². The Balaban J connectivity index is 1.78. The number of phenolic OH excluding ortho intramolecular Hbond substituents is 5. The van der Waals surface area contributed by atoms with Crippen LogP contribution in [0.3, 0.4) is 0 Å². The minimum absolute atomic E-state index is 0.0366. The molecule has 1 heterocycles. The Morgan fingerprint density at radius 3 is 2.11 bits per heavy atom. The minimum Gasteiger partial charge on any atom is -0.508 e. The fourth-order valence-electron chi connectivity index (χ4n) is 3.56. The molecule has 0 spiro atoms. The summed E-state index contributed by atoms with van der Waals surface area (Å²) in [7, 11) is 0. The maximum atomic E-state index is 10.1. The van der Waals surface area contributed by atoms with Crippen molar-refractivity contribution in [1.82, 2.24) is 0 Å². The fraction of sp³-hybridized carbons (Fsp3) is 0.143. The molecule has 6 heteroatoms. The summed E-state index contributed by atoms with van der Waals surface area (Å²) in [4.78, 5) is 0. The predicted molar refractivity (Wildman–Crippen MR) is 97.6 cm³/mol. The van der Waals surface area contributed by atoms with Crippen LogP contribution >= 0.6 is 0 Å². The third-order valence-electron chi connectivity index (χ3n) is 4.84. The number of ether oxygens (including phenoxy) is 1. The summed E-state index contributed by atoms with van der Waals surface area (Å²) in [6, 6.07) is 13.9. The minimum atomic E-state index is -0.416. The first-order valence-electron chi connectivity index (χ1n) is 8.44. The van der Waals surface area contributed by atoms with Crippen molar-refractivity contribution in [3.05, 3.63) is 71.3 Å². The Bertz CT molecular complexity index is 996. The first-order valence-corrected chi connectivity index (χ1v) is 8.44. The number of aromatic hydroxyl groups is 5. The second-order valence-corrected chi connectivity index (χ2v) is 6.62. The molecule has 2 atom stereocenters. The number of rotatable bonds is 3. The molecule has 0 bridgehead atoms. The van der Waals surface area contributed by atoms with Gasteiger partial charge in [-0.1, -0.05) is 18.2 Å². The van der Waals surface area contributed by atoms with Crippen LogP contribution in [0.5, 0.6) is 34.5 Å². The van der Waals surface area contributed by atoms with Gasteiger partial charge in [0.15, 0.2) is 11.5 Å². The zero-order chi connectivity index (χ0) is 19.1. The molecule has 0 saturated carbocycles. The van der Waals surface area contributed by atoms with Crippen LogP contribution in [-0.2, 0) is 6.42 Å². The molecule has 1 unspecified atom stereocenters. The summed E-state index contributed by atoms with van der Waals surface area (Å²) >= 11 is 0. The normalized spacial score (nSPS) is 16.5. The molecule has 138 valence electrons. The highest BCUT2D eigenvalue weighted by Gasteiger charge is 2.35. The summed E-state index contributed by atoms with van der Waals surface area (Å²) in [5, 5.41) is 49.0. The molecule has 1 aliphatic rings. The van der Waals surface area contributed by atoms with Gasteiger partial charge in [0.25, 0.3) is 0 Å². The number of benzene rings is 3. The van der Waals surface area contributed by atoms with E-state index in [0.29, 0.717) is 23.3 Å². The second-order valence-electron chi connectivity index (χ2n) is 6.62. The molecule has 27 heavy (non-hydrogen) atoms. The average Bonchev–Trinajstić information content (AvgIpc) is 3.04. The standard InChI is InChI=1S/C21H18O6/c22-13-4-1-11(2-5-13)21(12-3-6-16(24)18(26)7-12)20-10-15-17(25)8-14(23)9-19(15)27-20/h1-9,20-26H,10H2/t20?,21-/m1/s1. The summed E-state index contributed by atoms with van der Waals surface area (Å²) < 4.78 is 6.01. The maximum Gasteiger partial charge on any atom is 0.157 e. The van der Waals surface area contributed by atoms with E-state index in [9.17, 15) is 25.5 Å². The van der Waals surface area contributed by atoms with Crippen LogP contribution in [0.25, 0.3) is 0 Å². The summed E-state index contributed by atoms with van der Waals surface area (Å²) in [6.07, 6.45) is -0.0181. The van der Waals surface area contributed by atoms with E-state index in [1.54, 1.807) is 30.3 Å². The van der Waals surface area contributed by atoms with E-state index in [4.69, 9.17) is 4.74 Å². The number of hydrogen-bond acceptors (Lipinski definition) is 6. The van der Waals surface area contributed by atoms with Crippen molar-refractivity contribution in [3.8, 4) is 34.5 Å². The van der Waals surface area contributed by atoms with Crippen molar-refractivity contribution in [2.45, 2.75) is 18.4 Å². The Hall–Kier alpha value is -3.54. The van der Waals surface area contributed by atoms with Crippen LogP contribution in [0.15, 0.2) is 54.6 Å². The quantitative estimate of drug-likeness (QED) is 0.455. The van der Waals surface area contributed by atoms with Crippen molar-refractivity contribution in [3.63, 3.8) is 0 Å². The molecule has 6 nitrogen and oxygen atoms in total. The SMILES string of the molecule is Oc1ccc([C@H](c2ccc(O)c(O)c2)C2Cc3c(O)cc(O)cc3O2)cc1. The van der Waals surface area contributed by atoms with Gasteiger partial charge in [0.05, 0.1) is 0 Å². The maximum absolute atomic E-state index is 10.1. The second kappa shape index (κ2) is 6.32. The van der Waals surface area contributed by atoms with Crippen LogP contribution in [0.4, 0.5) is 0 Å². The highest BCUT2D eigenvalue weighted by atomic mass is 16.5. The third-order valence-corrected chi connectivity index (χ3v) is 4.84. The van der Waals surface area contributed by atoms with Crippen LogP contribution in [0.1, 0.15) is 22.6 Å². The average molecular weight is 366 g/mol. The van der Waals surface area contributed by atoms with E-state index in [1.165, 1.54) is 24.3 Å². The van der Waals surface area contributed by atoms with Crippen molar-refractivity contribution in [1.29, 1.82) is 0 Å². The molecule has 3 aromatic rings. The van der Waals surface area contributed by atoms with E-state index in [-0.39, 0.29) is 34.7 Å². The molecule has 0 aromatic heterocycles. The molecule has 5 N–H and O–H groups in total. The van der Waals surface area contributed by atoms with Gasteiger partial charge in [-0.2, -0.15) is 0 Å². The predicted octanol–water partition coefficient (Wildman–Crippen LogP) is 3.35. The Morgan fingerprint density at radius 2 is 1.41 bits per heavy atom. The Kier molecular flexibility index (Phi) is 3.96. The lowest BCUT2D eigenvalue weighted by Gasteiger charge is -2.24. The molecular formula is C21H18O6. The van der Waals surface area contributed by atoms with Gasteiger partial charge >= 0.3 is 0 Å². The topological polar surface area (TPSA) is 110 Å². The van der Waals surface area contributed by atoms with Crippen molar-refractivity contribution >= 4 is 0 Å². The molecule has 0 aliphatic carbocycles. The van der Waals surface area contributed by atoms with Gasteiger partial charge in [-0.05, 0) is 35.4 Å². The lowest BCUT2D eigenvalue weighted by molar-refractivity contribution is 0.212. The van der Waals surface area contributed by atoms with Gasteiger partial charge in [0.2, 0.25) is 0 Å². The molecule has 0 amide bonds. The van der Waals surface area contributed by atoms with Crippen molar-refractivity contribution in [2.24, 2.45) is 0 Å². The lowest BCUT2D eigenvalue weighted by Crippen LogP contribution is -2.24. The Morgan fingerprint density at radius 1 is 0.704 bits per heavy atom. The zero-order valence-corrected chi connectivity index (χ0v) is 14.2. The highest BCUT2D eigenvalue weighted by molar-refractivity contribution is 5.53. The summed E-state index contributed by atoms with van der Waals surface area (Å²) in [5.41, 5.74) is 2.14. The Labute approximate surface area is 155 Å². The van der Waals surface area contributed by atoms with Crippen LogP contribution in [0.2, 0.25) is 0 Å². The first kappa shape index (κ1) is 16.9. The monoisotopic (exact) mass is 366 g/mol. The van der Waals surface area contributed by atoms with E-state index < -0.39 is 6.10 Å². The summed E-state index contributed by atoms with van der Waals surface area (Å²) in [6.45, 7) is 0. The molecule has 1 aliphatic heterocycles. The van der Waals surface area contributed by atoms with Gasteiger partial charge in [-0.15, -0.1) is 0 Å². The molecule has 4 rings (SSSR count). The first-order chi connectivity index (χ1) is 12.9. The smallest absolute Gasteiger partial charge is 0.157 e. The number of phenols is 5. The molecule has 3 aromatic carbocycles.